The summed E-state index contributed by atoms with van der Waals surface area (Å²) in [5, 5.41) is 3.76. The van der Waals surface area contributed by atoms with E-state index in [0.29, 0.717) is 18.1 Å². The topological polar surface area (TPSA) is 41.6 Å². The average molecular weight is 327 g/mol. The molecule has 0 unspecified atom stereocenters. The monoisotopic (exact) mass is 326 g/mol. The van der Waals surface area contributed by atoms with Gasteiger partial charge in [0.1, 0.15) is 11.4 Å². The molecule has 1 aromatic carbocycles. The smallest absolute Gasteiger partial charge is 0.410 e. The SMILES string of the molecule is CC(C)(C)OC(=O)N1CC2(CN[C@@H]2c2ccc(F)cc2Cl)C1. The van der Waals surface area contributed by atoms with Gasteiger partial charge in [-0.2, -0.15) is 0 Å². The molecule has 0 bridgehead atoms. The van der Waals surface area contributed by atoms with Gasteiger partial charge in [-0.05, 0) is 38.5 Å². The summed E-state index contributed by atoms with van der Waals surface area (Å²) >= 11 is 6.15. The third-order valence-electron chi connectivity index (χ3n) is 4.21. The fourth-order valence-corrected chi connectivity index (χ4v) is 3.41. The minimum atomic E-state index is -0.489. The molecule has 2 aliphatic heterocycles. The number of nitrogens with zero attached hydrogens (tertiary/aromatic N) is 1. The van der Waals surface area contributed by atoms with Crippen LogP contribution in [0.25, 0.3) is 0 Å². The minimum Gasteiger partial charge on any atom is -0.444 e. The summed E-state index contributed by atoms with van der Waals surface area (Å²) in [6.45, 7) is 7.65. The molecule has 2 saturated heterocycles. The Hall–Kier alpha value is -1.33. The highest BCUT2D eigenvalue weighted by molar-refractivity contribution is 6.31. The van der Waals surface area contributed by atoms with Gasteiger partial charge in [-0.15, -0.1) is 0 Å². The van der Waals surface area contributed by atoms with Crippen molar-refractivity contribution in [2.45, 2.75) is 32.4 Å². The van der Waals surface area contributed by atoms with Gasteiger partial charge in [0.2, 0.25) is 0 Å². The van der Waals surface area contributed by atoms with E-state index in [0.717, 1.165) is 12.1 Å². The first-order chi connectivity index (χ1) is 10.2. The van der Waals surface area contributed by atoms with Crippen molar-refractivity contribution in [2.24, 2.45) is 5.41 Å². The standard InChI is InChI=1S/C16H20ClFN2O2/c1-15(2,3)22-14(21)20-8-16(9-20)7-19-13(16)11-5-4-10(18)6-12(11)17/h4-6,13,19H,7-9H2,1-3H3/t13-/m1/s1. The van der Waals surface area contributed by atoms with E-state index in [1.54, 1.807) is 11.0 Å². The van der Waals surface area contributed by atoms with Gasteiger partial charge in [-0.25, -0.2) is 9.18 Å². The quantitative estimate of drug-likeness (QED) is 0.860. The van der Waals surface area contributed by atoms with Crippen molar-refractivity contribution in [3.8, 4) is 0 Å². The summed E-state index contributed by atoms with van der Waals surface area (Å²) in [6, 6.07) is 4.51. The molecule has 3 rings (SSSR count). The summed E-state index contributed by atoms with van der Waals surface area (Å²) < 4.78 is 18.5. The predicted molar refractivity (Wildman–Crippen MR) is 82.4 cm³/mol. The third-order valence-corrected chi connectivity index (χ3v) is 4.53. The first-order valence-electron chi connectivity index (χ1n) is 7.36. The lowest BCUT2D eigenvalue weighted by molar-refractivity contribution is -0.0854. The van der Waals surface area contributed by atoms with Crippen molar-refractivity contribution in [3.05, 3.63) is 34.6 Å². The lowest BCUT2D eigenvalue weighted by atomic mass is 9.65. The number of carbonyl (C=O) groups is 1. The van der Waals surface area contributed by atoms with Crippen molar-refractivity contribution in [3.63, 3.8) is 0 Å². The number of halogens is 2. The molecule has 120 valence electrons. The highest BCUT2D eigenvalue weighted by Crippen LogP contribution is 2.49. The van der Waals surface area contributed by atoms with Gasteiger partial charge in [0.05, 0.1) is 0 Å². The third kappa shape index (κ3) is 2.68. The van der Waals surface area contributed by atoms with Crippen molar-refractivity contribution in [2.75, 3.05) is 19.6 Å². The fraction of sp³-hybridized carbons (Fsp3) is 0.562. The van der Waals surface area contributed by atoms with Gasteiger partial charge >= 0.3 is 6.09 Å². The summed E-state index contributed by atoms with van der Waals surface area (Å²) in [5.74, 6) is -0.342. The number of carbonyl (C=O) groups excluding carboxylic acids is 1. The van der Waals surface area contributed by atoms with Crippen LogP contribution in [0.15, 0.2) is 18.2 Å². The van der Waals surface area contributed by atoms with Gasteiger partial charge in [0, 0.05) is 36.1 Å². The summed E-state index contributed by atoms with van der Waals surface area (Å²) in [4.78, 5) is 13.7. The van der Waals surface area contributed by atoms with Gasteiger partial charge in [-0.3, -0.25) is 0 Å². The number of ether oxygens (including phenoxy) is 1. The van der Waals surface area contributed by atoms with Crippen LogP contribution in [0, 0.1) is 11.2 Å². The second kappa shape index (κ2) is 5.10. The zero-order valence-electron chi connectivity index (χ0n) is 13.0. The first-order valence-corrected chi connectivity index (χ1v) is 7.74. The van der Waals surface area contributed by atoms with Crippen LogP contribution in [0.3, 0.4) is 0 Å². The molecule has 2 heterocycles. The average Bonchev–Trinajstić information content (AvgIpc) is 2.27. The van der Waals surface area contributed by atoms with Crippen LogP contribution in [0.5, 0.6) is 0 Å². The Balaban J connectivity index is 1.67. The molecule has 1 amide bonds. The normalized spacial score (nSPS) is 23.0. The lowest BCUT2D eigenvalue weighted by Gasteiger charge is -2.60. The van der Waals surface area contributed by atoms with Crippen LogP contribution in [0.1, 0.15) is 32.4 Å². The molecule has 1 spiro atoms. The van der Waals surface area contributed by atoms with Crippen LogP contribution >= 0.6 is 11.6 Å². The van der Waals surface area contributed by atoms with Crippen LogP contribution in [-0.4, -0.2) is 36.2 Å². The molecule has 0 radical (unpaired) electrons. The molecule has 0 aliphatic carbocycles. The van der Waals surface area contributed by atoms with Crippen molar-refractivity contribution < 1.29 is 13.9 Å². The Kier molecular flexibility index (Phi) is 3.61. The minimum absolute atomic E-state index is 0.0155. The molecule has 0 aromatic heterocycles. The number of nitrogens with one attached hydrogen (secondary N) is 1. The maximum atomic E-state index is 13.2. The van der Waals surface area contributed by atoms with Crippen LogP contribution in [0.4, 0.5) is 9.18 Å². The van der Waals surface area contributed by atoms with E-state index in [1.807, 2.05) is 20.8 Å². The number of likely N-dealkylation sites (tertiary alicyclic amines) is 1. The zero-order valence-corrected chi connectivity index (χ0v) is 13.7. The first kappa shape index (κ1) is 15.6. The number of benzene rings is 1. The number of rotatable bonds is 1. The number of hydrogen-bond donors (Lipinski definition) is 1. The van der Waals surface area contributed by atoms with Gasteiger partial charge in [0.25, 0.3) is 0 Å². The molecule has 22 heavy (non-hydrogen) atoms. The molecular weight excluding hydrogens is 307 g/mol. The summed E-state index contributed by atoms with van der Waals surface area (Å²) in [7, 11) is 0. The van der Waals surface area contributed by atoms with Crippen LogP contribution in [0.2, 0.25) is 5.02 Å². The van der Waals surface area contributed by atoms with Crippen molar-refractivity contribution in [1.29, 1.82) is 0 Å². The Labute approximate surface area is 134 Å². The van der Waals surface area contributed by atoms with E-state index in [2.05, 4.69) is 5.32 Å². The second-order valence-electron chi connectivity index (χ2n) is 7.18. The molecule has 0 saturated carbocycles. The van der Waals surface area contributed by atoms with Gasteiger partial charge in [0.15, 0.2) is 0 Å². The van der Waals surface area contributed by atoms with E-state index in [9.17, 15) is 9.18 Å². The van der Waals surface area contributed by atoms with E-state index in [-0.39, 0.29) is 23.4 Å². The molecule has 1 aromatic rings. The number of hydrogen-bond acceptors (Lipinski definition) is 3. The summed E-state index contributed by atoms with van der Waals surface area (Å²) in [6.07, 6.45) is -0.283. The van der Waals surface area contributed by atoms with E-state index in [4.69, 9.17) is 16.3 Å². The fourth-order valence-electron chi connectivity index (χ4n) is 3.13. The largest absolute Gasteiger partial charge is 0.444 e. The molecule has 6 heteroatoms. The van der Waals surface area contributed by atoms with E-state index >= 15 is 0 Å². The van der Waals surface area contributed by atoms with Crippen LogP contribution in [-0.2, 0) is 4.74 Å². The number of amides is 1. The molecular formula is C16H20ClFN2O2. The molecule has 1 N–H and O–H groups in total. The maximum absolute atomic E-state index is 13.2. The molecule has 2 fully saturated rings. The van der Waals surface area contributed by atoms with Crippen LogP contribution < -0.4 is 5.32 Å². The Morgan fingerprint density at radius 1 is 1.45 bits per heavy atom. The Morgan fingerprint density at radius 2 is 2.14 bits per heavy atom. The van der Waals surface area contributed by atoms with Gasteiger partial charge < -0.3 is 15.0 Å². The lowest BCUT2D eigenvalue weighted by Crippen LogP contribution is -2.73. The van der Waals surface area contributed by atoms with Crippen molar-refractivity contribution in [1.82, 2.24) is 10.2 Å². The van der Waals surface area contributed by atoms with E-state index < -0.39 is 5.60 Å². The summed E-state index contributed by atoms with van der Waals surface area (Å²) in [5.41, 5.74) is 0.383. The Morgan fingerprint density at radius 3 is 2.64 bits per heavy atom. The Bertz CT molecular complexity index is 609. The zero-order chi connectivity index (χ0) is 16.1. The van der Waals surface area contributed by atoms with E-state index in [1.165, 1.54) is 12.1 Å². The highest BCUT2D eigenvalue weighted by Gasteiger charge is 2.57. The molecule has 2 aliphatic rings. The van der Waals surface area contributed by atoms with Crippen molar-refractivity contribution >= 4 is 17.7 Å². The molecule has 1 atom stereocenters. The predicted octanol–water partition coefficient (Wildman–Crippen LogP) is 3.36. The molecule has 4 nitrogen and oxygen atoms in total. The second-order valence-corrected chi connectivity index (χ2v) is 7.59. The van der Waals surface area contributed by atoms with Gasteiger partial charge in [-0.1, -0.05) is 17.7 Å². The maximum Gasteiger partial charge on any atom is 0.410 e. The highest BCUT2D eigenvalue weighted by atomic mass is 35.5.